The van der Waals surface area contributed by atoms with Crippen LogP contribution < -0.4 is 4.74 Å². The van der Waals surface area contributed by atoms with Crippen LogP contribution >= 0.6 is 0 Å². The van der Waals surface area contributed by atoms with E-state index in [0.29, 0.717) is 0 Å². The monoisotopic (exact) mass is 206 g/mol. The van der Waals surface area contributed by atoms with Gasteiger partial charge in [0.1, 0.15) is 11.6 Å². The molecule has 0 spiro atoms. The highest BCUT2D eigenvalue weighted by Crippen LogP contribution is 2.20. The van der Waals surface area contributed by atoms with Gasteiger partial charge in [-0.1, -0.05) is 6.92 Å². The lowest BCUT2D eigenvalue weighted by Crippen LogP contribution is -1.93. The van der Waals surface area contributed by atoms with E-state index >= 15 is 0 Å². The normalized spacial score (nSPS) is 9.27. The summed E-state index contributed by atoms with van der Waals surface area (Å²) in [7, 11) is 1.59. The summed E-state index contributed by atoms with van der Waals surface area (Å²) in [5.74, 6) is 6.52. The van der Waals surface area contributed by atoms with Crippen LogP contribution in [0.4, 0.5) is 4.39 Å². The van der Waals surface area contributed by atoms with Crippen LogP contribution in [0.5, 0.6) is 5.75 Å². The number of ether oxygens (including phenoxy) is 1. The van der Waals surface area contributed by atoms with Crippen molar-refractivity contribution in [3.05, 3.63) is 29.6 Å². The molecular formula is C13H15FO. The van der Waals surface area contributed by atoms with Crippen LogP contribution in [0.3, 0.4) is 0 Å². The first kappa shape index (κ1) is 11.6. The van der Waals surface area contributed by atoms with E-state index in [-0.39, 0.29) is 5.82 Å². The van der Waals surface area contributed by atoms with Crippen LogP contribution in [0.25, 0.3) is 0 Å². The summed E-state index contributed by atoms with van der Waals surface area (Å²) in [5, 5.41) is 0. The number of hydrogen-bond donors (Lipinski definition) is 0. The maximum Gasteiger partial charge on any atom is 0.123 e. The third-order valence-corrected chi connectivity index (χ3v) is 2.06. The molecule has 80 valence electrons. The molecule has 1 aromatic rings. The number of halogens is 1. The maximum absolute atomic E-state index is 13.0. The standard InChI is InChI=1S/C13H15FO/c1-3-4-5-6-7-11-10-12(14)8-9-13(11)15-2/h8-10H,3,6-7H2,1-2H3. The van der Waals surface area contributed by atoms with E-state index in [1.807, 2.05) is 6.92 Å². The van der Waals surface area contributed by atoms with E-state index in [9.17, 15) is 4.39 Å². The summed E-state index contributed by atoms with van der Waals surface area (Å²) in [6.45, 7) is 2.01. The predicted molar refractivity (Wildman–Crippen MR) is 59.3 cm³/mol. The van der Waals surface area contributed by atoms with Gasteiger partial charge in [-0.05, 0) is 30.2 Å². The van der Waals surface area contributed by atoms with E-state index < -0.39 is 0 Å². The Bertz CT molecular complexity index is 374. The van der Waals surface area contributed by atoms with Crippen LogP contribution in [0.1, 0.15) is 25.3 Å². The Kier molecular flexibility index (Phi) is 4.70. The third kappa shape index (κ3) is 3.63. The van der Waals surface area contributed by atoms with Crippen molar-refractivity contribution in [3.8, 4) is 17.6 Å². The minimum absolute atomic E-state index is 0.228. The van der Waals surface area contributed by atoms with Crippen LogP contribution in [-0.2, 0) is 6.42 Å². The highest BCUT2D eigenvalue weighted by atomic mass is 19.1. The molecule has 0 N–H and O–H groups in total. The minimum Gasteiger partial charge on any atom is -0.496 e. The van der Waals surface area contributed by atoms with Crippen molar-refractivity contribution in [1.82, 2.24) is 0 Å². The van der Waals surface area contributed by atoms with Crippen molar-refractivity contribution in [1.29, 1.82) is 0 Å². The van der Waals surface area contributed by atoms with E-state index in [1.165, 1.54) is 12.1 Å². The third-order valence-electron chi connectivity index (χ3n) is 2.06. The highest BCUT2D eigenvalue weighted by molar-refractivity contribution is 5.34. The Hall–Kier alpha value is -1.49. The van der Waals surface area contributed by atoms with Gasteiger partial charge >= 0.3 is 0 Å². The Labute approximate surface area is 90.3 Å². The fourth-order valence-electron chi connectivity index (χ4n) is 1.35. The summed E-state index contributed by atoms with van der Waals surface area (Å²) in [6, 6.07) is 4.56. The van der Waals surface area contributed by atoms with Gasteiger partial charge in [0.25, 0.3) is 0 Å². The fourth-order valence-corrected chi connectivity index (χ4v) is 1.35. The minimum atomic E-state index is -0.228. The molecule has 0 aromatic heterocycles. The fraction of sp³-hybridized carbons (Fsp3) is 0.385. The first-order chi connectivity index (χ1) is 7.27. The summed E-state index contributed by atoms with van der Waals surface area (Å²) in [4.78, 5) is 0. The first-order valence-electron chi connectivity index (χ1n) is 5.06. The van der Waals surface area contributed by atoms with Gasteiger partial charge < -0.3 is 4.74 Å². The van der Waals surface area contributed by atoms with Crippen molar-refractivity contribution < 1.29 is 9.13 Å². The summed E-state index contributed by atoms with van der Waals surface area (Å²) in [6.07, 6.45) is 2.34. The molecule has 0 saturated heterocycles. The first-order valence-corrected chi connectivity index (χ1v) is 5.06. The van der Waals surface area contributed by atoms with E-state index in [4.69, 9.17) is 4.74 Å². The molecule has 1 rings (SSSR count). The zero-order valence-electron chi connectivity index (χ0n) is 9.14. The average molecular weight is 206 g/mol. The molecule has 0 radical (unpaired) electrons. The quantitative estimate of drug-likeness (QED) is 0.690. The van der Waals surface area contributed by atoms with Gasteiger partial charge in [-0.3, -0.25) is 0 Å². The summed E-state index contributed by atoms with van der Waals surface area (Å²) >= 11 is 0. The molecule has 0 unspecified atom stereocenters. The Morgan fingerprint density at radius 1 is 1.33 bits per heavy atom. The highest BCUT2D eigenvalue weighted by Gasteiger charge is 2.03. The Morgan fingerprint density at radius 2 is 2.13 bits per heavy atom. The number of aryl methyl sites for hydroxylation is 1. The molecule has 0 bridgehead atoms. The van der Waals surface area contributed by atoms with E-state index in [0.717, 1.165) is 30.6 Å². The molecular weight excluding hydrogens is 191 g/mol. The zero-order chi connectivity index (χ0) is 11.1. The SMILES string of the molecule is CCC#CCCc1cc(F)ccc1OC. The maximum atomic E-state index is 13.0. The largest absolute Gasteiger partial charge is 0.496 e. The predicted octanol–water partition coefficient (Wildman–Crippen LogP) is 3.18. The van der Waals surface area contributed by atoms with E-state index in [1.54, 1.807) is 13.2 Å². The smallest absolute Gasteiger partial charge is 0.123 e. The molecule has 2 heteroatoms. The lowest BCUT2D eigenvalue weighted by atomic mass is 10.1. The van der Waals surface area contributed by atoms with Crippen molar-refractivity contribution in [2.24, 2.45) is 0 Å². The van der Waals surface area contributed by atoms with Gasteiger partial charge in [0.15, 0.2) is 0 Å². The van der Waals surface area contributed by atoms with Gasteiger partial charge in [-0.15, -0.1) is 11.8 Å². The molecule has 0 atom stereocenters. The topological polar surface area (TPSA) is 9.23 Å². The molecule has 0 amide bonds. The van der Waals surface area contributed by atoms with Crippen molar-refractivity contribution in [2.75, 3.05) is 7.11 Å². The van der Waals surface area contributed by atoms with Gasteiger partial charge in [-0.2, -0.15) is 0 Å². The molecule has 1 nitrogen and oxygen atoms in total. The van der Waals surface area contributed by atoms with Crippen LogP contribution in [-0.4, -0.2) is 7.11 Å². The van der Waals surface area contributed by atoms with Crippen molar-refractivity contribution >= 4 is 0 Å². The second-order valence-corrected chi connectivity index (χ2v) is 3.16. The molecule has 0 aliphatic rings. The number of methoxy groups -OCH3 is 1. The second-order valence-electron chi connectivity index (χ2n) is 3.16. The molecule has 0 fully saturated rings. The van der Waals surface area contributed by atoms with E-state index in [2.05, 4.69) is 11.8 Å². The lowest BCUT2D eigenvalue weighted by Gasteiger charge is -2.06. The van der Waals surface area contributed by atoms with Crippen molar-refractivity contribution in [3.63, 3.8) is 0 Å². The number of hydrogen-bond acceptors (Lipinski definition) is 1. The molecule has 1 aromatic carbocycles. The van der Waals surface area contributed by atoms with Crippen molar-refractivity contribution in [2.45, 2.75) is 26.2 Å². The van der Waals surface area contributed by atoms with Crippen LogP contribution in [0.15, 0.2) is 18.2 Å². The number of benzene rings is 1. The Morgan fingerprint density at radius 3 is 2.80 bits per heavy atom. The zero-order valence-corrected chi connectivity index (χ0v) is 9.14. The number of rotatable bonds is 3. The summed E-state index contributed by atoms with van der Waals surface area (Å²) < 4.78 is 18.1. The van der Waals surface area contributed by atoms with Gasteiger partial charge in [0.05, 0.1) is 7.11 Å². The second kappa shape index (κ2) is 6.08. The molecule has 0 heterocycles. The molecule has 0 saturated carbocycles. The Balaban J connectivity index is 2.69. The van der Waals surface area contributed by atoms with Gasteiger partial charge in [0.2, 0.25) is 0 Å². The molecule has 0 aliphatic carbocycles. The molecule has 15 heavy (non-hydrogen) atoms. The van der Waals surface area contributed by atoms with Gasteiger partial charge in [-0.25, -0.2) is 4.39 Å². The summed E-state index contributed by atoms with van der Waals surface area (Å²) in [5.41, 5.74) is 0.878. The lowest BCUT2D eigenvalue weighted by molar-refractivity contribution is 0.408. The molecule has 0 aliphatic heterocycles. The average Bonchev–Trinajstić information content (AvgIpc) is 2.25. The van der Waals surface area contributed by atoms with Crippen LogP contribution in [0, 0.1) is 17.7 Å². The van der Waals surface area contributed by atoms with Gasteiger partial charge in [0, 0.05) is 12.8 Å². The van der Waals surface area contributed by atoms with Crippen LogP contribution in [0.2, 0.25) is 0 Å².